The van der Waals surface area contributed by atoms with E-state index in [4.69, 9.17) is 4.74 Å². The molecule has 0 fully saturated rings. The number of thioether (sulfide) groups is 2. The number of unbranched alkanes of at least 4 members (excludes halogenated alkanes) is 1. The van der Waals surface area contributed by atoms with Crippen LogP contribution in [0.3, 0.4) is 0 Å². The normalized spacial score (nSPS) is 12.0. The molecular formula is C16H21N3O2S3. The van der Waals surface area contributed by atoms with Crippen LogP contribution in [-0.2, 0) is 4.79 Å². The Morgan fingerprint density at radius 2 is 2.00 bits per heavy atom. The van der Waals surface area contributed by atoms with Gasteiger partial charge in [0.2, 0.25) is 5.91 Å². The quantitative estimate of drug-likeness (QED) is 0.506. The topological polar surface area (TPSA) is 64.1 Å². The fourth-order valence-electron chi connectivity index (χ4n) is 1.73. The second-order valence-corrected chi connectivity index (χ2v) is 8.92. The smallest absolute Gasteiger partial charge is 0.237 e. The molecule has 0 aliphatic rings. The van der Waals surface area contributed by atoms with Crippen molar-refractivity contribution in [2.24, 2.45) is 0 Å². The summed E-state index contributed by atoms with van der Waals surface area (Å²) in [5.74, 6) is 1.77. The van der Waals surface area contributed by atoms with E-state index in [0.717, 1.165) is 25.9 Å². The highest BCUT2D eigenvalue weighted by Crippen LogP contribution is 2.32. The van der Waals surface area contributed by atoms with E-state index in [2.05, 4.69) is 22.4 Å². The van der Waals surface area contributed by atoms with Gasteiger partial charge in [0.1, 0.15) is 5.75 Å². The predicted molar refractivity (Wildman–Crippen MR) is 102 cm³/mol. The zero-order valence-electron chi connectivity index (χ0n) is 13.9. The van der Waals surface area contributed by atoms with E-state index >= 15 is 0 Å². The molecule has 130 valence electrons. The van der Waals surface area contributed by atoms with Gasteiger partial charge in [-0.2, -0.15) is 0 Å². The maximum atomic E-state index is 12.3. The summed E-state index contributed by atoms with van der Waals surface area (Å²) in [6.07, 6.45) is 2.35. The van der Waals surface area contributed by atoms with Crippen molar-refractivity contribution in [3.8, 4) is 5.75 Å². The number of methoxy groups -OCH3 is 1. The van der Waals surface area contributed by atoms with Crippen LogP contribution >= 0.6 is 34.9 Å². The number of aromatic nitrogens is 2. The van der Waals surface area contributed by atoms with E-state index in [-0.39, 0.29) is 11.2 Å². The predicted octanol–water partition coefficient (Wildman–Crippen LogP) is 4.56. The van der Waals surface area contributed by atoms with Crippen molar-refractivity contribution >= 4 is 46.5 Å². The Hall–Kier alpha value is -1.25. The number of benzene rings is 1. The SMILES string of the molecule is CCCCSc1nnc(S[C@H](C)C(=O)Nc2ccc(OC)cc2)s1. The lowest BCUT2D eigenvalue weighted by molar-refractivity contribution is -0.115. The Kier molecular flexibility index (Phi) is 7.87. The molecule has 24 heavy (non-hydrogen) atoms. The summed E-state index contributed by atoms with van der Waals surface area (Å²) in [6, 6.07) is 7.28. The maximum absolute atomic E-state index is 12.3. The van der Waals surface area contributed by atoms with Gasteiger partial charge in [-0.25, -0.2) is 0 Å². The third kappa shape index (κ3) is 5.99. The minimum Gasteiger partial charge on any atom is -0.497 e. The largest absolute Gasteiger partial charge is 0.497 e. The van der Waals surface area contributed by atoms with Gasteiger partial charge >= 0.3 is 0 Å². The lowest BCUT2D eigenvalue weighted by atomic mass is 10.3. The van der Waals surface area contributed by atoms with Crippen LogP contribution in [0, 0.1) is 0 Å². The van der Waals surface area contributed by atoms with Gasteiger partial charge in [-0.1, -0.05) is 48.2 Å². The summed E-state index contributed by atoms with van der Waals surface area (Å²) >= 11 is 4.71. The van der Waals surface area contributed by atoms with Crippen molar-refractivity contribution in [1.29, 1.82) is 0 Å². The summed E-state index contributed by atoms with van der Waals surface area (Å²) in [5, 5.41) is 11.0. The van der Waals surface area contributed by atoms with E-state index in [1.165, 1.54) is 24.6 Å². The Labute approximate surface area is 155 Å². The van der Waals surface area contributed by atoms with Gasteiger partial charge in [0.05, 0.1) is 12.4 Å². The molecule has 0 saturated carbocycles. The van der Waals surface area contributed by atoms with E-state index in [9.17, 15) is 4.79 Å². The summed E-state index contributed by atoms with van der Waals surface area (Å²) < 4.78 is 6.90. The molecule has 2 aromatic rings. The number of anilines is 1. The third-order valence-electron chi connectivity index (χ3n) is 3.12. The Bertz CT molecular complexity index is 646. The van der Waals surface area contributed by atoms with Crippen LogP contribution < -0.4 is 10.1 Å². The van der Waals surface area contributed by atoms with Crippen LogP contribution in [0.5, 0.6) is 5.75 Å². The molecule has 0 radical (unpaired) electrons. The zero-order chi connectivity index (χ0) is 17.4. The summed E-state index contributed by atoms with van der Waals surface area (Å²) in [5.41, 5.74) is 0.751. The van der Waals surface area contributed by atoms with Crippen molar-refractivity contribution in [3.63, 3.8) is 0 Å². The molecule has 1 aromatic heterocycles. The van der Waals surface area contributed by atoms with Crippen molar-refractivity contribution in [2.45, 2.75) is 40.6 Å². The molecule has 0 unspecified atom stereocenters. The number of amides is 1. The van der Waals surface area contributed by atoms with Crippen molar-refractivity contribution in [1.82, 2.24) is 10.2 Å². The van der Waals surface area contributed by atoms with Gasteiger partial charge < -0.3 is 10.1 Å². The molecule has 1 heterocycles. The van der Waals surface area contributed by atoms with Crippen LogP contribution in [0.15, 0.2) is 32.9 Å². The van der Waals surface area contributed by atoms with Gasteiger partial charge in [-0.05, 0) is 37.6 Å². The lowest BCUT2D eigenvalue weighted by Gasteiger charge is -2.10. The van der Waals surface area contributed by atoms with Crippen LogP contribution in [0.4, 0.5) is 5.69 Å². The number of rotatable bonds is 9. The van der Waals surface area contributed by atoms with Crippen LogP contribution in [-0.4, -0.2) is 34.2 Å². The highest BCUT2D eigenvalue weighted by Gasteiger charge is 2.17. The van der Waals surface area contributed by atoms with Gasteiger partial charge in [0.15, 0.2) is 8.68 Å². The molecular weight excluding hydrogens is 362 g/mol. The molecule has 1 amide bonds. The number of carbonyl (C=O) groups is 1. The minimum absolute atomic E-state index is 0.0550. The van der Waals surface area contributed by atoms with Crippen molar-refractivity contribution < 1.29 is 9.53 Å². The van der Waals surface area contributed by atoms with E-state index in [1.807, 2.05) is 31.2 Å². The first-order valence-electron chi connectivity index (χ1n) is 7.70. The molecule has 1 atom stereocenters. The van der Waals surface area contributed by atoms with Gasteiger partial charge in [-0.15, -0.1) is 10.2 Å². The number of ether oxygens (including phenoxy) is 1. The van der Waals surface area contributed by atoms with E-state index in [1.54, 1.807) is 30.2 Å². The fourth-order valence-corrected chi connectivity index (χ4v) is 5.05. The van der Waals surface area contributed by atoms with Gasteiger partial charge in [-0.3, -0.25) is 4.79 Å². The van der Waals surface area contributed by atoms with E-state index < -0.39 is 0 Å². The van der Waals surface area contributed by atoms with Crippen LogP contribution in [0.1, 0.15) is 26.7 Å². The standard InChI is InChI=1S/C16H21N3O2S3/c1-4-5-10-22-15-18-19-16(24-15)23-11(2)14(20)17-12-6-8-13(21-3)9-7-12/h6-9,11H,4-5,10H2,1-3H3,(H,17,20)/t11-/m1/s1. The van der Waals surface area contributed by atoms with Crippen LogP contribution in [0.2, 0.25) is 0 Å². The Morgan fingerprint density at radius 1 is 1.29 bits per heavy atom. The first-order valence-corrected chi connectivity index (χ1v) is 10.4. The van der Waals surface area contributed by atoms with Crippen molar-refractivity contribution in [3.05, 3.63) is 24.3 Å². The number of carbonyl (C=O) groups excluding carboxylic acids is 1. The molecule has 0 bridgehead atoms. The lowest BCUT2D eigenvalue weighted by Crippen LogP contribution is -2.22. The fraction of sp³-hybridized carbons (Fsp3) is 0.438. The third-order valence-corrected chi connectivity index (χ3v) is 6.44. The second kappa shape index (κ2) is 9.90. The van der Waals surface area contributed by atoms with E-state index in [0.29, 0.717) is 0 Å². The first-order chi connectivity index (χ1) is 11.6. The highest BCUT2D eigenvalue weighted by molar-refractivity contribution is 8.03. The van der Waals surface area contributed by atoms with Crippen LogP contribution in [0.25, 0.3) is 0 Å². The minimum atomic E-state index is -0.242. The molecule has 0 aliphatic heterocycles. The molecule has 2 rings (SSSR count). The molecule has 0 aliphatic carbocycles. The van der Waals surface area contributed by atoms with Crippen molar-refractivity contribution in [2.75, 3.05) is 18.2 Å². The number of nitrogens with zero attached hydrogens (tertiary/aromatic N) is 2. The summed E-state index contributed by atoms with van der Waals surface area (Å²) in [7, 11) is 1.61. The highest BCUT2D eigenvalue weighted by atomic mass is 32.2. The molecule has 0 spiro atoms. The Balaban J connectivity index is 1.84. The summed E-state index contributed by atoms with van der Waals surface area (Å²) in [4.78, 5) is 12.3. The zero-order valence-corrected chi connectivity index (χ0v) is 16.4. The summed E-state index contributed by atoms with van der Waals surface area (Å²) in [6.45, 7) is 4.04. The molecule has 5 nitrogen and oxygen atoms in total. The Morgan fingerprint density at radius 3 is 2.67 bits per heavy atom. The average molecular weight is 384 g/mol. The molecule has 1 N–H and O–H groups in total. The number of nitrogens with one attached hydrogen (secondary N) is 1. The number of hydrogen-bond acceptors (Lipinski definition) is 7. The monoisotopic (exact) mass is 383 g/mol. The molecule has 8 heteroatoms. The number of hydrogen-bond donors (Lipinski definition) is 1. The molecule has 0 saturated heterocycles. The second-order valence-electron chi connectivity index (χ2n) is 5.01. The average Bonchev–Trinajstić information content (AvgIpc) is 3.03. The maximum Gasteiger partial charge on any atom is 0.237 e. The van der Waals surface area contributed by atoms with Gasteiger partial charge in [0, 0.05) is 11.4 Å². The first kappa shape index (κ1) is 19.1. The van der Waals surface area contributed by atoms with Gasteiger partial charge in [0.25, 0.3) is 0 Å². The molecule has 1 aromatic carbocycles.